The lowest BCUT2D eigenvalue weighted by Crippen LogP contribution is -2.33. The number of amides is 1. The number of aryl methyl sites for hydroxylation is 1. The summed E-state index contributed by atoms with van der Waals surface area (Å²) in [4.78, 5) is 11.8. The Balaban J connectivity index is 1.79. The van der Waals surface area contributed by atoms with Crippen molar-refractivity contribution in [2.75, 3.05) is 5.75 Å². The number of hydrogen-bond donors (Lipinski definition) is 1. The van der Waals surface area contributed by atoms with E-state index in [1.807, 2.05) is 25.1 Å². The van der Waals surface area contributed by atoms with E-state index in [-0.39, 0.29) is 11.9 Å². The van der Waals surface area contributed by atoms with Gasteiger partial charge in [0.1, 0.15) is 11.5 Å². The molecule has 1 unspecified atom stereocenters. The molecule has 2 aromatic rings. The summed E-state index contributed by atoms with van der Waals surface area (Å²) < 4.78 is 5.35. The van der Waals surface area contributed by atoms with Crippen LogP contribution in [0, 0.1) is 6.92 Å². The summed E-state index contributed by atoms with van der Waals surface area (Å²) in [6.07, 6.45) is 2.09. The first-order chi connectivity index (χ1) is 11.1. The van der Waals surface area contributed by atoms with E-state index in [1.165, 1.54) is 17.3 Å². The number of rotatable bonds is 8. The zero-order valence-corrected chi connectivity index (χ0v) is 14.8. The molecule has 2 rings (SSSR count). The van der Waals surface area contributed by atoms with E-state index >= 15 is 0 Å². The summed E-state index contributed by atoms with van der Waals surface area (Å²) in [5.41, 5.74) is 3.10. The van der Waals surface area contributed by atoms with E-state index in [0.29, 0.717) is 11.5 Å². The molecule has 1 aromatic carbocycles. The minimum absolute atomic E-state index is 0.0780. The van der Waals surface area contributed by atoms with Crippen molar-refractivity contribution in [3.8, 4) is 11.3 Å². The van der Waals surface area contributed by atoms with Gasteiger partial charge in [-0.2, -0.15) is 0 Å². The van der Waals surface area contributed by atoms with Crippen LogP contribution in [0.25, 0.3) is 11.3 Å². The summed E-state index contributed by atoms with van der Waals surface area (Å²) in [6.45, 7) is 6.21. The largest absolute Gasteiger partial charge is 0.360 e. The highest BCUT2D eigenvalue weighted by Crippen LogP contribution is 2.22. The Bertz CT molecular complexity index is 622. The molecule has 1 N–H and O–H groups in total. The first-order valence-electron chi connectivity index (χ1n) is 7.98. The molecule has 23 heavy (non-hydrogen) atoms. The average molecular weight is 332 g/mol. The Kier molecular flexibility index (Phi) is 6.71. The SMILES string of the molecule is CCCC(C)NC(=O)CSCc1cc(-c2ccc(C)cc2)no1. The van der Waals surface area contributed by atoms with Gasteiger partial charge in [-0.25, -0.2) is 0 Å². The third kappa shape index (κ3) is 5.75. The topological polar surface area (TPSA) is 55.1 Å². The fraction of sp³-hybridized carbons (Fsp3) is 0.444. The van der Waals surface area contributed by atoms with Gasteiger partial charge < -0.3 is 9.84 Å². The van der Waals surface area contributed by atoms with Crippen LogP contribution in [0.15, 0.2) is 34.9 Å². The van der Waals surface area contributed by atoms with Gasteiger partial charge in [0.2, 0.25) is 5.91 Å². The molecule has 124 valence electrons. The molecule has 0 aliphatic rings. The number of nitrogens with zero attached hydrogens (tertiary/aromatic N) is 1. The predicted octanol–water partition coefficient (Wildman–Crippen LogP) is 4.19. The first-order valence-corrected chi connectivity index (χ1v) is 9.13. The van der Waals surface area contributed by atoms with Crippen molar-refractivity contribution < 1.29 is 9.32 Å². The molecule has 1 atom stereocenters. The van der Waals surface area contributed by atoms with Crippen molar-refractivity contribution >= 4 is 17.7 Å². The maximum Gasteiger partial charge on any atom is 0.230 e. The molecule has 4 nitrogen and oxygen atoms in total. The number of carbonyl (C=O) groups is 1. The molecule has 0 aliphatic carbocycles. The maximum atomic E-state index is 11.8. The third-order valence-electron chi connectivity index (χ3n) is 3.51. The number of aromatic nitrogens is 1. The Hall–Kier alpha value is -1.75. The van der Waals surface area contributed by atoms with Crippen LogP contribution < -0.4 is 5.32 Å². The minimum Gasteiger partial charge on any atom is -0.360 e. The lowest BCUT2D eigenvalue weighted by atomic mass is 10.1. The van der Waals surface area contributed by atoms with Gasteiger partial charge in [0.05, 0.1) is 11.5 Å². The van der Waals surface area contributed by atoms with Gasteiger partial charge in [-0.15, -0.1) is 11.8 Å². The molecule has 0 spiro atoms. The standard InChI is InChI=1S/C18H24N2O2S/c1-4-5-14(3)19-18(21)12-23-11-16-10-17(20-22-16)15-8-6-13(2)7-9-15/h6-10,14H,4-5,11-12H2,1-3H3,(H,19,21). The van der Waals surface area contributed by atoms with Crippen LogP contribution in [0.1, 0.15) is 38.0 Å². The molecular formula is C18H24N2O2S. The van der Waals surface area contributed by atoms with Crippen molar-refractivity contribution in [3.63, 3.8) is 0 Å². The molecule has 0 bridgehead atoms. The normalized spacial score (nSPS) is 12.1. The van der Waals surface area contributed by atoms with Crippen LogP contribution in [-0.4, -0.2) is 22.9 Å². The van der Waals surface area contributed by atoms with E-state index in [0.717, 1.165) is 29.9 Å². The molecular weight excluding hydrogens is 308 g/mol. The first kappa shape index (κ1) is 17.6. The molecule has 1 aromatic heterocycles. The second-order valence-electron chi connectivity index (χ2n) is 5.79. The summed E-state index contributed by atoms with van der Waals surface area (Å²) >= 11 is 1.54. The zero-order valence-electron chi connectivity index (χ0n) is 14.0. The summed E-state index contributed by atoms with van der Waals surface area (Å²) in [5, 5.41) is 7.10. The van der Waals surface area contributed by atoms with Gasteiger partial charge in [-0.05, 0) is 20.3 Å². The van der Waals surface area contributed by atoms with E-state index < -0.39 is 0 Å². The average Bonchev–Trinajstić information content (AvgIpc) is 2.97. The smallest absolute Gasteiger partial charge is 0.230 e. The molecule has 1 amide bonds. The van der Waals surface area contributed by atoms with Crippen molar-refractivity contribution in [3.05, 3.63) is 41.7 Å². The second-order valence-corrected chi connectivity index (χ2v) is 6.78. The van der Waals surface area contributed by atoms with Crippen LogP contribution >= 0.6 is 11.8 Å². The zero-order chi connectivity index (χ0) is 16.7. The minimum atomic E-state index is 0.0780. The predicted molar refractivity (Wildman–Crippen MR) is 95.4 cm³/mol. The van der Waals surface area contributed by atoms with Crippen LogP contribution in [0.2, 0.25) is 0 Å². The third-order valence-corrected chi connectivity index (χ3v) is 4.47. The number of carbonyl (C=O) groups excluding carboxylic acids is 1. The number of thioether (sulfide) groups is 1. The summed E-state index contributed by atoms with van der Waals surface area (Å²) in [5.74, 6) is 1.96. The summed E-state index contributed by atoms with van der Waals surface area (Å²) in [7, 11) is 0. The monoisotopic (exact) mass is 332 g/mol. The Morgan fingerprint density at radius 3 is 2.78 bits per heavy atom. The van der Waals surface area contributed by atoms with Crippen molar-refractivity contribution in [1.29, 1.82) is 0 Å². The maximum absolute atomic E-state index is 11.8. The highest BCUT2D eigenvalue weighted by atomic mass is 32.2. The van der Waals surface area contributed by atoms with E-state index in [9.17, 15) is 4.79 Å². The molecule has 0 aliphatic heterocycles. The van der Waals surface area contributed by atoms with E-state index in [2.05, 4.69) is 36.5 Å². The van der Waals surface area contributed by atoms with Gasteiger partial charge >= 0.3 is 0 Å². The van der Waals surface area contributed by atoms with Crippen molar-refractivity contribution in [1.82, 2.24) is 10.5 Å². The highest BCUT2D eigenvalue weighted by molar-refractivity contribution is 7.99. The lowest BCUT2D eigenvalue weighted by Gasteiger charge is -2.11. The van der Waals surface area contributed by atoms with Crippen molar-refractivity contribution in [2.24, 2.45) is 0 Å². The molecule has 0 radical (unpaired) electrons. The molecule has 0 saturated carbocycles. The fourth-order valence-corrected chi connectivity index (χ4v) is 3.02. The second kappa shape index (κ2) is 8.77. The molecule has 0 fully saturated rings. The van der Waals surface area contributed by atoms with Crippen LogP contribution in [0.5, 0.6) is 0 Å². The fourth-order valence-electron chi connectivity index (χ4n) is 2.31. The van der Waals surface area contributed by atoms with Gasteiger partial charge in [0.15, 0.2) is 0 Å². The Morgan fingerprint density at radius 1 is 1.35 bits per heavy atom. The van der Waals surface area contributed by atoms with Gasteiger partial charge in [0.25, 0.3) is 0 Å². The molecule has 5 heteroatoms. The van der Waals surface area contributed by atoms with Crippen LogP contribution in [0.4, 0.5) is 0 Å². The van der Waals surface area contributed by atoms with Gasteiger partial charge in [-0.1, -0.05) is 48.3 Å². The van der Waals surface area contributed by atoms with Gasteiger partial charge in [-0.3, -0.25) is 4.79 Å². The number of nitrogens with one attached hydrogen (secondary N) is 1. The van der Waals surface area contributed by atoms with Crippen LogP contribution in [-0.2, 0) is 10.5 Å². The Labute approximate surface area is 142 Å². The lowest BCUT2D eigenvalue weighted by molar-refractivity contribution is -0.119. The highest BCUT2D eigenvalue weighted by Gasteiger charge is 2.09. The van der Waals surface area contributed by atoms with E-state index in [4.69, 9.17) is 4.52 Å². The van der Waals surface area contributed by atoms with Crippen molar-refractivity contribution in [2.45, 2.75) is 45.4 Å². The summed E-state index contributed by atoms with van der Waals surface area (Å²) in [6, 6.07) is 10.4. The Morgan fingerprint density at radius 2 is 2.09 bits per heavy atom. The quantitative estimate of drug-likeness (QED) is 0.787. The number of benzene rings is 1. The number of hydrogen-bond acceptors (Lipinski definition) is 4. The van der Waals surface area contributed by atoms with E-state index in [1.54, 1.807) is 0 Å². The van der Waals surface area contributed by atoms with Crippen LogP contribution in [0.3, 0.4) is 0 Å². The molecule has 1 heterocycles. The molecule has 0 saturated heterocycles. The van der Waals surface area contributed by atoms with Gasteiger partial charge in [0, 0.05) is 17.7 Å².